The van der Waals surface area contributed by atoms with Crippen LogP contribution in [0.5, 0.6) is 0 Å². The Morgan fingerprint density at radius 1 is 1.31 bits per heavy atom. The molecule has 1 fully saturated rings. The fourth-order valence-electron chi connectivity index (χ4n) is 1.53. The summed E-state index contributed by atoms with van der Waals surface area (Å²) in [6, 6.07) is 0. The predicted octanol–water partition coefficient (Wildman–Crippen LogP) is 0.476. The summed E-state index contributed by atoms with van der Waals surface area (Å²) >= 11 is 0. The molecular formula is C11H24ClN3O. The van der Waals surface area contributed by atoms with E-state index in [9.17, 15) is 4.79 Å². The number of carbonyl (C=O) groups is 1. The largest absolute Gasteiger partial charge is 0.354 e. The summed E-state index contributed by atoms with van der Waals surface area (Å²) in [6.07, 6.45) is 0. The van der Waals surface area contributed by atoms with E-state index < -0.39 is 0 Å². The van der Waals surface area contributed by atoms with Crippen LogP contribution < -0.4 is 10.6 Å². The van der Waals surface area contributed by atoms with Crippen LogP contribution in [0.1, 0.15) is 20.8 Å². The van der Waals surface area contributed by atoms with Crippen molar-refractivity contribution in [1.29, 1.82) is 0 Å². The van der Waals surface area contributed by atoms with Crippen LogP contribution in [-0.2, 0) is 4.79 Å². The first-order chi connectivity index (χ1) is 7.00. The van der Waals surface area contributed by atoms with Crippen LogP contribution in [-0.4, -0.2) is 50.1 Å². The molecule has 0 aliphatic carbocycles. The van der Waals surface area contributed by atoms with E-state index in [-0.39, 0.29) is 23.7 Å². The van der Waals surface area contributed by atoms with Gasteiger partial charge in [-0.15, -0.1) is 12.4 Å². The van der Waals surface area contributed by atoms with Crippen molar-refractivity contribution in [2.75, 3.05) is 39.3 Å². The zero-order valence-electron chi connectivity index (χ0n) is 10.5. The van der Waals surface area contributed by atoms with E-state index in [1.165, 1.54) is 0 Å². The molecule has 4 nitrogen and oxygen atoms in total. The zero-order valence-corrected chi connectivity index (χ0v) is 11.3. The van der Waals surface area contributed by atoms with Gasteiger partial charge in [0.15, 0.2) is 0 Å². The van der Waals surface area contributed by atoms with E-state index in [4.69, 9.17) is 0 Å². The van der Waals surface area contributed by atoms with Crippen LogP contribution in [0.3, 0.4) is 0 Å². The minimum Gasteiger partial charge on any atom is -0.354 e. The molecule has 96 valence electrons. The summed E-state index contributed by atoms with van der Waals surface area (Å²) in [6.45, 7) is 11.8. The summed E-state index contributed by atoms with van der Waals surface area (Å²) in [5.74, 6) is 0.137. The van der Waals surface area contributed by atoms with Crippen molar-refractivity contribution in [2.24, 2.45) is 5.41 Å². The molecule has 1 rings (SSSR count). The molecule has 0 radical (unpaired) electrons. The van der Waals surface area contributed by atoms with Gasteiger partial charge in [0, 0.05) is 44.7 Å². The van der Waals surface area contributed by atoms with Crippen LogP contribution in [0.25, 0.3) is 0 Å². The lowest BCUT2D eigenvalue weighted by Crippen LogP contribution is -2.47. The Bertz CT molecular complexity index is 210. The maximum Gasteiger partial charge on any atom is 0.225 e. The van der Waals surface area contributed by atoms with Crippen molar-refractivity contribution in [2.45, 2.75) is 20.8 Å². The van der Waals surface area contributed by atoms with E-state index in [2.05, 4.69) is 15.5 Å². The standard InChI is InChI=1S/C11H23N3O.ClH/c1-11(2,3)10(15)13-6-9-14-7-4-12-5-8-14;/h12H,4-9H2,1-3H3,(H,13,15);1H. The van der Waals surface area contributed by atoms with Crippen molar-refractivity contribution in [1.82, 2.24) is 15.5 Å². The topological polar surface area (TPSA) is 44.4 Å². The molecule has 0 aromatic carbocycles. The summed E-state index contributed by atoms with van der Waals surface area (Å²) in [5.41, 5.74) is -0.274. The highest BCUT2D eigenvalue weighted by atomic mass is 35.5. The third kappa shape index (κ3) is 5.68. The fourth-order valence-corrected chi connectivity index (χ4v) is 1.53. The van der Waals surface area contributed by atoms with Crippen molar-refractivity contribution in [3.8, 4) is 0 Å². The number of rotatable bonds is 3. The van der Waals surface area contributed by atoms with Crippen LogP contribution in [0.4, 0.5) is 0 Å². The lowest BCUT2D eigenvalue weighted by Gasteiger charge is -2.27. The molecule has 0 bridgehead atoms. The highest BCUT2D eigenvalue weighted by molar-refractivity contribution is 5.85. The zero-order chi connectivity index (χ0) is 11.3. The van der Waals surface area contributed by atoms with Gasteiger partial charge in [-0.05, 0) is 0 Å². The number of amides is 1. The Morgan fingerprint density at radius 3 is 2.38 bits per heavy atom. The van der Waals surface area contributed by atoms with Gasteiger partial charge >= 0.3 is 0 Å². The summed E-state index contributed by atoms with van der Waals surface area (Å²) in [4.78, 5) is 13.9. The van der Waals surface area contributed by atoms with Crippen LogP contribution in [0.2, 0.25) is 0 Å². The highest BCUT2D eigenvalue weighted by Gasteiger charge is 2.20. The SMILES string of the molecule is CC(C)(C)C(=O)NCCN1CCNCC1.Cl. The predicted molar refractivity (Wildman–Crippen MR) is 69.0 cm³/mol. The van der Waals surface area contributed by atoms with Gasteiger partial charge in [-0.2, -0.15) is 0 Å². The molecular weight excluding hydrogens is 226 g/mol. The molecule has 1 aliphatic rings. The van der Waals surface area contributed by atoms with E-state index >= 15 is 0 Å². The molecule has 5 heteroatoms. The Kier molecular flexibility index (Phi) is 6.95. The number of nitrogens with zero attached hydrogens (tertiary/aromatic N) is 1. The summed E-state index contributed by atoms with van der Waals surface area (Å²) in [5, 5.41) is 6.28. The molecule has 1 heterocycles. The number of hydrogen-bond donors (Lipinski definition) is 2. The molecule has 0 spiro atoms. The Balaban J connectivity index is 0.00000225. The normalized spacial score (nSPS) is 17.7. The Morgan fingerprint density at radius 2 is 1.88 bits per heavy atom. The third-order valence-corrected chi connectivity index (χ3v) is 2.60. The second-order valence-electron chi connectivity index (χ2n) is 5.10. The number of nitrogens with one attached hydrogen (secondary N) is 2. The van der Waals surface area contributed by atoms with Crippen molar-refractivity contribution >= 4 is 18.3 Å². The first-order valence-corrected chi connectivity index (χ1v) is 5.71. The maximum absolute atomic E-state index is 11.6. The lowest BCUT2D eigenvalue weighted by atomic mass is 9.96. The molecule has 1 aliphatic heterocycles. The maximum atomic E-state index is 11.6. The quantitative estimate of drug-likeness (QED) is 0.765. The van der Waals surface area contributed by atoms with Gasteiger partial charge in [0.05, 0.1) is 0 Å². The van der Waals surface area contributed by atoms with Gasteiger partial charge in [0.2, 0.25) is 5.91 Å². The van der Waals surface area contributed by atoms with E-state index in [0.717, 1.165) is 39.3 Å². The average Bonchev–Trinajstić information content (AvgIpc) is 2.18. The molecule has 0 aromatic heterocycles. The minimum atomic E-state index is -0.274. The van der Waals surface area contributed by atoms with Crippen LogP contribution in [0.15, 0.2) is 0 Å². The first-order valence-electron chi connectivity index (χ1n) is 5.71. The van der Waals surface area contributed by atoms with E-state index in [1.807, 2.05) is 20.8 Å². The lowest BCUT2D eigenvalue weighted by molar-refractivity contribution is -0.128. The third-order valence-electron chi connectivity index (χ3n) is 2.60. The molecule has 0 unspecified atom stereocenters. The summed E-state index contributed by atoms with van der Waals surface area (Å²) < 4.78 is 0. The van der Waals surface area contributed by atoms with Gasteiger partial charge in [-0.3, -0.25) is 9.69 Å². The molecule has 0 aromatic rings. The van der Waals surface area contributed by atoms with Gasteiger partial charge in [-0.1, -0.05) is 20.8 Å². The Hall–Kier alpha value is -0.320. The van der Waals surface area contributed by atoms with E-state index in [0.29, 0.717) is 0 Å². The van der Waals surface area contributed by atoms with Crippen molar-refractivity contribution < 1.29 is 4.79 Å². The smallest absolute Gasteiger partial charge is 0.225 e. The Labute approximate surface area is 105 Å². The molecule has 0 atom stereocenters. The summed E-state index contributed by atoms with van der Waals surface area (Å²) in [7, 11) is 0. The fraction of sp³-hybridized carbons (Fsp3) is 0.909. The van der Waals surface area contributed by atoms with Gasteiger partial charge < -0.3 is 10.6 Å². The second-order valence-corrected chi connectivity index (χ2v) is 5.10. The van der Waals surface area contributed by atoms with Crippen LogP contribution >= 0.6 is 12.4 Å². The number of hydrogen-bond acceptors (Lipinski definition) is 3. The number of halogens is 1. The van der Waals surface area contributed by atoms with Crippen molar-refractivity contribution in [3.63, 3.8) is 0 Å². The molecule has 1 amide bonds. The first kappa shape index (κ1) is 15.7. The highest BCUT2D eigenvalue weighted by Crippen LogP contribution is 2.11. The second kappa shape index (κ2) is 7.09. The molecule has 0 saturated carbocycles. The van der Waals surface area contributed by atoms with Gasteiger partial charge in [0.1, 0.15) is 0 Å². The average molecular weight is 250 g/mol. The van der Waals surface area contributed by atoms with Crippen LogP contribution in [0, 0.1) is 5.41 Å². The molecule has 1 saturated heterocycles. The van der Waals surface area contributed by atoms with E-state index in [1.54, 1.807) is 0 Å². The number of carbonyl (C=O) groups excluding carboxylic acids is 1. The van der Waals surface area contributed by atoms with Crippen molar-refractivity contribution in [3.05, 3.63) is 0 Å². The molecule has 16 heavy (non-hydrogen) atoms. The number of piperazine rings is 1. The monoisotopic (exact) mass is 249 g/mol. The van der Waals surface area contributed by atoms with Gasteiger partial charge in [-0.25, -0.2) is 0 Å². The van der Waals surface area contributed by atoms with Gasteiger partial charge in [0.25, 0.3) is 0 Å². The minimum absolute atomic E-state index is 0. The molecule has 2 N–H and O–H groups in total.